The summed E-state index contributed by atoms with van der Waals surface area (Å²) >= 11 is 1.24. The van der Waals surface area contributed by atoms with Gasteiger partial charge in [-0.15, -0.1) is 5.10 Å². The smallest absolute Gasteiger partial charge is 0.329 e. The first-order chi connectivity index (χ1) is 12.8. The lowest BCUT2D eigenvalue weighted by molar-refractivity contribution is -0.137. The summed E-state index contributed by atoms with van der Waals surface area (Å²) in [4.78, 5) is 19.6. The minimum absolute atomic E-state index is 0.245. The molecule has 1 amide bonds. The summed E-state index contributed by atoms with van der Waals surface area (Å²) in [5.41, 5.74) is -0.179. The number of carbonyl (C=O) groups is 1. The number of halogens is 3. The van der Waals surface area contributed by atoms with Crippen LogP contribution in [0.4, 0.5) is 13.2 Å². The van der Waals surface area contributed by atoms with Crippen molar-refractivity contribution < 1.29 is 18.0 Å². The van der Waals surface area contributed by atoms with Gasteiger partial charge >= 0.3 is 6.18 Å². The largest absolute Gasteiger partial charge is 0.416 e. The van der Waals surface area contributed by atoms with E-state index in [0.717, 1.165) is 29.8 Å². The third kappa shape index (κ3) is 3.31. The van der Waals surface area contributed by atoms with Gasteiger partial charge in [-0.3, -0.25) is 4.79 Å². The van der Waals surface area contributed by atoms with Crippen molar-refractivity contribution in [3.63, 3.8) is 0 Å². The lowest BCUT2D eigenvalue weighted by atomic mass is 9.94. The van der Waals surface area contributed by atoms with E-state index < -0.39 is 11.7 Å². The number of rotatable bonds is 2. The maximum absolute atomic E-state index is 13.1. The van der Waals surface area contributed by atoms with Crippen molar-refractivity contribution in [1.82, 2.24) is 19.5 Å². The fourth-order valence-electron chi connectivity index (χ4n) is 3.47. The Labute approximate surface area is 157 Å². The van der Waals surface area contributed by atoms with Crippen LogP contribution in [-0.4, -0.2) is 31.9 Å². The molecular weight excluding hydrogens is 377 g/mol. The Morgan fingerprint density at radius 3 is 2.85 bits per heavy atom. The van der Waals surface area contributed by atoms with Crippen molar-refractivity contribution in [2.24, 2.45) is 0 Å². The minimum atomic E-state index is -4.40. The van der Waals surface area contributed by atoms with Crippen LogP contribution < -0.4 is 0 Å². The molecule has 0 N–H and O–H groups in total. The zero-order chi connectivity index (χ0) is 19.2. The molecule has 0 saturated carbocycles. The van der Waals surface area contributed by atoms with Gasteiger partial charge < -0.3 is 4.90 Å². The third-order valence-electron chi connectivity index (χ3n) is 4.81. The van der Waals surface area contributed by atoms with E-state index in [9.17, 15) is 18.0 Å². The number of aryl methyl sites for hydroxylation is 1. The van der Waals surface area contributed by atoms with Gasteiger partial charge in [0, 0.05) is 6.54 Å². The zero-order valence-corrected chi connectivity index (χ0v) is 15.3. The predicted octanol–water partition coefficient (Wildman–Crippen LogP) is 4.49. The van der Waals surface area contributed by atoms with Gasteiger partial charge in [-0.2, -0.15) is 13.2 Å². The molecule has 0 bridgehead atoms. The summed E-state index contributed by atoms with van der Waals surface area (Å²) < 4.78 is 40.8. The SMILES string of the molecule is Cc1ncc2sc(C(=O)N3CCCCC3c3cccc(C(F)(F)F)c3)nn12. The van der Waals surface area contributed by atoms with E-state index in [2.05, 4.69) is 10.1 Å². The van der Waals surface area contributed by atoms with Crippen molar-refractivity contribution in [3.8, 4) is 0 Å². The molecule has 1 atom stereocenters. The maximum atomic E-state index is 13.1. The third-order valence-corrected chi connectivity index (χ3v) is 5.75. The van der Waals surface area contributed by atoms with Crippen LogP contribution in [0.3, 0.4) is 0 Å². The van der Waals surface area contributed by atoms with Gasteiger partial charge in [0.25, 0.3) is 5.91 Å². The number of imidazole rings is 1. The van der Waals surface area contributed by atoms with Gasteiger partial charge in [0.15, 0.2) is 0 Å². The normalized spacial score (nSPS) is 18.2. The van der Waals surface area contributed by atoms with Crippen molar-refractivity contribution in [2.75, 3.05) is 6.54 Å². The van der Waals surface area contributed by atoms with Crippen molar-refractivity contribution >= 4 is 22.1 Å². The number of carbonyl (C=O) groups excluding carboxylic acids is 1. The Morgan fingerprint density at radius 1 is 1.30 bits per heavy atom. The van der Waals surface area contributed by atoms with Crippen LogP contribution in [0.5, 0.6) is 0 Å². The highest BCUT2D eigenvalue weighted by Gasteiger charge is 2.34. The number of piperidine rings is 1. The Kier molecular flexibility index (Phi) is 4.41. The molecule has 1 aromatic carbocycles. The van der Waals surface area contributed by atoms with E-state index in [1.54, 1.807) is 28.6 Å². The van der Waals surface area contributed by atoms with Crippen LogP contribution in [0.2, 0.25) is 0 Å². The first-order valence-electron chi connectivity index (χ1n) is 8.64. The van der Waals surface area contributed by atoms with Gasteiger partial charge in [0.1, 0.15) is 10.7 Å². The minimum Gasteiger partial charge on any atom is -0.329 e. The number of benzene rings is 1. The average Bonchev–Trinajstić information content (AvgIpc) is 3.23. The summed E-state index contributed by atoms with van der Waals surface area (Å²) in [6, 6.07) is 4.89. The van der Waals surface area contributed by atoms with Crippen LogP contribution in [-0.2, 0) is 6.18 Å². The van der Waals surface area contributed by atoms with E-state index in [0.29, 0.717) is 29.4 Å². The number of amides is 1. The van der Waals surface area contributed by atoms with Crippen LogP contribution in [0.25, 0.3) is 4.83 Å². The number of fused-ring (bicyclic) bond motifs is 1. The Morgan fingerprint density at radius 2 is 2.11 bits per heavy atom. The fourth-order valence-corrected chi connectivity index (χ4v) is 4.36. The maximum Gasteiger partial charge on any atom is 0.416 e. The standard InChI is InChI=1S/C18H17F3N4OS/c1-11-22-10-15-25(11)23-16(27-15)17(26)24-8-3-2-7-14(24)12-5-4-6-13(9-12)18(19,20)21/h4-6,9-10,14H,2-3,7-8H2,1H3. The van der Waals surface area contributed by atoms with E-state index in [1.165, 1.54) is 17.4 Å². The molecule has 27 heavy (non-hydrogen) atoms. The quantitative estimate of drug-likeness (QED) is 0.644. The molecule has 0 radical (unpaired) electrons. The van der Waals surface area contributed by atoms with Gasteiger partial charge in [0.2, 0.25) is 5.01 Å². The average molecular weight is 394 g/mol. The highest BCUT2D eigenvalue weighted by Crippen LogP contribution is 2.36. The molecule has 1 aliphatic rings. The van der Waals surface area contributed by atoms with E-state index >= 15 is 0 Å². The number of hydrogen-bond acceptors (Lipinski definition) is 4. The molecule has 3 aromatic rings. The number of alkyl halides is 3. The summed E-state index contributed by atoms with van der Waals surface area (Å²) in [6.45, 7) is 2.30. The van der Waals surface area contributed by atoms with Crippen molar-refractivity contribution in [1.29, 1.82) is 0 Å². The van der Waals surface area contributed by atoms with Gasteiger partial charge in [-0.05, 0) is 43.9 Å². The monoisotopic (exact) mass is 394 g/mol. The lowest BCUT2D eigenvalue weighted by Crippen LogP contribution is -2.38. The van der Waals surface area contributed by atoms with Crippen molar-refractivity contribution in [2.45, 2.75) is 38.4 Å². The summed E-state index contributed by atoms with van der Waals surface area (Å²) in [5.74, 6) is 0.443. The van der Waals surface area contributed by atoms with Gasteiger partial charge in [-0.1, -0.05) is 23.5 Å². The fraction of sp³-hybridized carbons (Fsp3) is 0.389. The molecular formula is C18H17F3N4OS. The molecule has 1 unspecified atom stereocenters. The molecule has 0 spiro atoms. The summed E-state index contributed by atoms with van der Waals surface area (Å²) in [7, 11) is 0. The molecule has 0 aliphatic carbocycles. The first-order valence-corrected chi connectivity index (χ1v) is 9.45. The van der Waals surface area contributed by atoms with Crippen LogP contribution >= 0.6 is 11.3 Å². The van der Waals surface area contributed by atoms with Crippen molar-refractivity contribution in [3.05, 3.63) is 52.4 Å². The Bertz CT molecular complexity index is 994. The number of nitrogens with zero attached hydrogens (tertiary/aromatic N) is 4. The molecule has 3 heterocycles. The second-order valence-corrected chi connectivity index (χ2v) is 7.61. The summed E-state index contributed by atoms with van der Waals surface area (Å²) in [5, 5.41) is 4.66. The van der Waals surface area contributed by atoms with Crippen LogP contribution in [0, 0.1) is 6.92 Å². The highest BCUT2D eigenvalue weighted by molar-refractivity contribution is 7.18. The molecule has 9 heteroatoms. The van der Waals surface area contributed by atoms with Gasteiger partial charge in [-0.25, -0.2) is 9.50 Å². The Balaban J connectivity index is 1.67. The Hall–Kier alpha value is -2.42. The second kappa shape index (κ2) is 6.63. The first kappa shape index (κ1) is 18.0. The molecule has 142 valence electrons. The van der Waals surface area contributed by atoms with E-state index in [-0.39, 0.29) is 11.9 Å². The molecule has 5 nitrogen and oxygen atoms in total. The summed E-state index contributed by atoms with van der Waals surface area (Å²) in [6.07, 6.45) is -0.416. The zero-order valence-electron chi connectivity index (χ0n) is 14.5. The molecule has 2 aromatic heterocycles. The number of likely N-dealkylation sites (tertiary alicyclic amines) is 1. The highest BCUT2D eigenvalue weighted by atomic mass is 32.1. The molecule has 1 saturated heterocycles. The van der Waals surface area contributed by atoms with E-state index in [1.807, 2.05) is 0 Å². The van der Waals surface area contributed by atoms with Gasteiger partial charge in [0.05, 0.1) is 17.8 Å². The number of hydrogen-bond donors (Lipinski definition) is 0. The van der Waals surface area contributed by atoms with E-state index in [4.69, 9.17) is 0 Å². The number of aromatic nitrogens is 3. The van der Waals surface area contributed by atoms with Crippen LogP contribution in [0.1, 0.15) is 52.1 Å². The van der Waals surface area contributed by atoms with Crippen LogP contribution in [0.15, 0.2) is 30.5 Å². The predicted molar refractivity (Wildman–Crippen MR) is 94.7 cm³/mol. The topological polar surface area (TPSA) is 50.5 Å². The second-order valence-electron chi connectivity index (χ2n) is 6.60. The molecule has 1 aliphatic heterocycles. The molecule has 1 fully saturated rings. The molecule has 4 rings (SSSR count). The lowest BCUT2D eigenvalue weighted by Gasteiger charge is -2.35.